The number of rotatable bonds is 4. The van der Waals surface area contributed by atoms with Gasteiger partial charge < -0.3 is 5.11 Å². The van der Waals surface area contributed by atoms with Gasteiger partial charge in [0, 0.05) is 11.1 Å². The van der Waals surface area contributed by atoms with Crippen LogP contribution in [-0.2, 0) is 4.79 Å². The summed E-state index contributed by atoms with van der Waals surface area (Å²) in [6, 6.07) is 7.53. The van der Waals surface area contributed by atoms with Gasteiger partial charge in [-0.3, -0.25) is 9.69 Å². The first-order chi connectivity index (χ1) is 9.16. The van der Waals surface area contributed by atoms with Gasteiger partial charge in [0.15, 0.2) is 0 Å². The maximum atomic E-state index is 11.1. The van der Waals surface area contributed by atoms with E-state index in [0.29, 0.717) is 5.02 Å². The molecule has 4 heteroatoms. The Morgan fingerprint density at radius 2 is 1.74 bits per heavy atom. The van der Waals surface area contributed by atoms with E-state index >= 15 is 0 Å². The molecule has 0 bridgehead atoms. The van der Waals surface area contributed by atoms with Crippen LogP contribution in [0.4, 0.5) is 0 Å². The van der Waals surface area contributed by atoms with Crippen molar-refractivity contribution in [3.05, 3.63) is 34.9 Å². The molecule has 1 N–H and O–H groups in total. The van der Waals surface area contributed by atoms with Crippen molar-refractivity contribution in [1.82, 2.24) is 4.90 Å². The van der Waals surface area contributed by atoms with Crippen molar-refractivity contribution in [3.63, 3.8) is 0 Å². The monoisotopic (exact) mass is 281 g/mol. The van der Waals surface area contributed by atoms with Gasteiger partial charge in [-0.15, -0.1) is 0 Å². The van der Waals surface area contributed by atoms with Crippen LogP contribution >= 0.6 is 11.6 Å². The van der Waals surface area contributed by atoms with E-state index < -0.39 is 5.97 Å². The predicted molar refractivity (Wildman–Crippen MR) is 76.5 cm³/mol. The Bertz CT molecular complexity index is 411. The fourth-order valence-electron chi connectivity index (χ4n) is 2.71. The molecule has 0 aromatic heterocycles. The second-order valence-electron chi connectivity index (χ2n) is 5.12. The van der Waals surface area contributed by atoms with Gasteiger partial charge in [0.05, 0.1) is 6.42 Å². The van der Waals surface area contributed by atoms with Crippen LogP contribution in [0, 0.1) is 0 Å². The molecule has 1 fully saturated rings. The van der Waals surface area contributed by atoms with Crippen molar-refractivity contribution in [2.75, 3.05) is 13.1 Å². The minimum atomic E-state index is -0.746. The largest absolute Gasteiger partial charge is 0.481 e. The molecule has 1 heterocycles. The highest BCUT2D eigenvalue weighted by atomic mass is 35.5. The quantitative estimate of drug-likeness (QED) is 0.914. The number of likely N-dealkylation sites (tertiary alicyclic amines) is 1. The molecule has 1 saturated heterocycles. The molecule has 0 spiro atoms. The van der Waals surface area contributed by atoms with Crippen molar-refractivity contribution in [2.24, 2.45) is 0 Å². The van der Waals surface area contributed by atoms with E-state index in [1.165, 1.54) is 12.8 Å². The van der Waals surface area contributed by atoms with E-state index in [-0.39, 0.29) is 12.5 Å². The Labute approximate surface area is 119 Å². The third-order valence-corrected chi connectivity index (χ3v) is 3.96. The second kappa shape index (κ2) is 6.92. The van der Waals surface area contributed by atoms with Crippen LogP contribution in [-0.4, -0.2) is 29.1 Å². The van der Waals surface area contributed by atoms with Gasteiger partial charge >= 0.3 is 5.97 Å². The highest BCUT2D eigenvalue weighted by molar-refractivity contribution is 6.30. The SMILES string of the molecule is O=C(O)CC(c1ccc(Cl)cc1)N1CCCCCC1. The standard InChI is InChI=1S/C15H20ClNO2/c16-13-7-5-12(6-8-13)14(11-15(18)19)17-9-3-1-2-4-10-17/h5-8,14H,1-4,9-11H2,(H,18,19). The van der Waals surface area contributed by atoms with Gasteiger partial charge in [0.25, 0.3) is 0 Å². The van der Waals surface area contributed by atoms with Gasteiger partial charge in [-0.05, 0) is 43.6 Å². The zero-order valence-corrected chi connectivity index (χ0v) is 11.8. The van der Waals surface area contributed by atoms with Crippen molar-refractivity contribution in [2.45, 2.75) is 38.1 Å². The summed E-state index contributed by atoms with van der Waals surface area (Å²) in [5.41, 5.74) is 1.05. The molecule has 1 unspecified atom stereocenters. The van der Waals surface area contributed by atoms with E-state index in [0.717, 1.165) is 31.5 Å². The van der Waals surface area contributed by atoms with Crippen LogP contribution in [0.25, 0.3) is 0 Å². The molecule has 1 atom stereocenters. The lowest BCUT2D eigenvalue weighted by atomic mass is 10.0. The number of nitrogens with zero attached hydrogens (tertiary/aromatic N) is 1. The number of hydrogen-bond acceptors (Lipinski definition) is 2. The van der Waals surface area contributed by atoms with Crippen LogP contribution in [0.5, 0.6) is 0 Å². The van der Waals surface area contributed by atoms with E-state index in [1.54, 1.807) is 0 Å². The minimum Gasteiger partial charge on any atom is -0.481 e. The summed E-state index contributed by atoms with van der Waals surface area (Å²) in [5.74, 6) is -0.746. The predicted octanol–water partition coefficient (Wildman–Crippen LogP) is 3.73. The topological polar surface area (TPSA) is 40.5 Å². The molecule has 2 rings (SSSR count). The summed E-state index contributed by atoms with van der Waals surface area (Å²) in [6.45, 7) is 1.97. The molecule has 0 aliphatic carbocycles. The molecule has 1 aliphatic rings. The Balaban J connectivity index is 2.18. The summed E-state index contributed by atoms with van der Waals surface area (Å²) in [7, 11) is 0. The normalized spacial score (nSPS) is 18.8. The number of carboxylic acids is 1. The molecule has 1 aromatic rings. The average Bonchev–Trinajstić information content (AvgIpc) is 2.65. The van der Waals surface area contributed by atoms with Gasteiger partial charge in [-0.1, -0.05) is 36.6 Å². The van der Waals surface area contributed by atoms with E-state index in [1.807, 2.05) is 24.3 Å². The zero-order valence-electron chi connectivity index (χ0n) is 11.0. The van der Waals surface area contributed by atoms with Crippen LogP contribution in [0.1, 0.15) is 43.7 Å². The van der Waals surface area contributed by atoms with Crippen molar-refractivity contribution >= 4 is 17.6 Å². The summed E-state index contributed by atoms with van der Waals surface area (Å²) in [4.78, 5) is 13.4. The number of hydrogen-bond donors (Lipinski definition) is 1. The van der Waals surface area contributed by atoms with Crippen molar-refractivity contribution in [1.29, 1.82) is 0 Å². The minimum absolute atomic E-state index is 0.0344. The first kappa shape index (κ1) is 14.4. The van der Waals surface area contributed by atoms with E-state index in [2.05, 4.69) is 4.90 Å². The Morgan fingerprint density at radius 3 is 2.26 bits per heavy atom. The molecule has 0 saturated carbocycles. The van der Waals surface area contributed by atoms with Crippen LogP contribution in [0.2, 0.25) is 5.02 Å². The number of benzene rings is 1. The third kappa shape index (κ3) is 4.22. The summed E-state index contributed by atoms with van der Waals surface area (Å²) >= 11 is 5.90. The number of aliphatic carboxylic acids is 1. The van der Waals surface area contributed by atoms with Crippen molar-refractivity contribution < 1.29 is 9.90 Å². The molecule has 0 amide bonds. The number of halogens is 1. The average molecular weight is 282 g/mol. The van der Waals surface area contributed by atoms with Gasteiger partial charge in [-0.2, -0.15) is 0 Å². The maximum absolute atomic E-state index is 11.1. The summed E-state index contributed by atoms with van der Waals surface area (Å²) < 4.78 is 0. The second-order valence-corrected chi connectivity index (χ2v) is 5.55. The molecular formula is C15H20ClNO2. The molecule has 1 aliphatic heterocycles. The maximum Gasteiger partial charge on any atom is 0.305 e. The van der Waals surface area contributed by atoms with Crippen LogP contribution in [0.3, 0.4) is 0 Å². The Hall–Kier alpha value is -1.06. The molecule has 19 heavy (non-hydrogen) atoms. The molecule has 1 aromatic carbocycles. The smallest absolute Gasteiger partial charge is 0.305 e. The highest BCUT2D eigenvalue weighted by Crippen LogP contribution is 2.28. The van der Waals surface area contributed by atoms with Crippen LogP contribution in [0.15, 0.2) is 24.3 Å². The lowest BCUT2D eigenvalue weighted by Crippen LogP contribution is -2.31. The first-order valence-electron chi connectivity index (χ1n) is 6.88. The fourth-order valence-corrected chi connectivity index (χ4v) is 2.84. The number of carbonyl (C=O) groups is 1. The van der Waals surface area contributed by atoms with E-state index in [4.69, 9.17) is 16.7 Å². The lowest BCUT2D eigenvalue weighted by molar-refractivity contribution is -0.138. The van der Waals surface area contributed by atoms with Gasteiger partial charge in [0.2, 0.25) is 0 Å². The van der Waals surface area contributed by atoms with Crippen LogP contribution < -0.4 is 0 Å². The first-order valence-corrected chi connectivity index (χ1v) is 7.26. The summed E-state index contributed by atoms with van der Waals surface area (Å²) in [6.07, 6.45) is 4.96. The lowest BCUT2D eigenvalue weighted by Gasteiger charge is -2.30. The number of carboxylic acid groups (broad SMARTS) is 1. The molecular weight excluding hydrogens is 262 g/mol. The zero-order chi connectivity index (χ0) is 13.7. The fraction of sp³-hybridized carbons (Fsp3) is 0.533. The Morgan fingerprint density at radius 1 is 1.16 bits per heavy atom. The Kier molecular flexibility index (Phi) is 5.23. The molecule has 3 nitrogen and oxygen atoms in total. The molecule has 0 radical (unpaired) electrons. The summed E-state index contributed by atoms with van der Waals surface area (Å²) in [5, 5.41) is 9.84. The third-order valence-electron chi connectivity index (χ3n) is 3.70. The van der Waals surface area contributed by atoms with E-state index in [9.17, 15) is 4.79 Å². The van der Waals surface area contributed by atoms with Gasteiger partial charge in [-0.25, -0.2) is 0 Å². The van der Waals surface area contributed by atoms with Crippen molar-refractivity contribution in [3.8, 4) is 0 Å². The molecule has 104 valence electrons. The highest BCUT2D eigenvalue weighted by Gasteiger charge is 2.23. The van der Waals surface area contributed by atoms with Gasteiger partial charge in [0.1, 0.15) is 0 Å².